The van der Waals surface area contributed by atoms with Gasteiger partial charge >= 0.3 is 5.82 Å². The summed E-state index contributed by atoms with van der Waals surface area (Å²) in [5.74, 6) is 1.02. The van der Waals surface area contributed by atoms with Gasteiger partial charge in [-0.05, 0) is 22.7 Å². The van der Waals surface area contributed by atoms with Crippen molar-refractivity contribution < 1.29 is 10.0 Å². The second-order valence-corrected chi connectivity index (χ2v) is 4.98. The molecular weight excluding hydrogens is 248 g/mol. The first kappa shape index (κ1) is 13.8. The van der Waals surface area contributed by atoms with E-state index in [1.807, 2.05) is 4.90 Å². The topological polar surface area (TPSA) is 84.4 Å². The highest BCUT2D eigenvalue weighted by Gasteiger charge is 2.33. The summed E-state index contributed by atoms with van der Waals surface area (Å²) in [6.45, 7) is 2.14. The van der Waals surface area contributed by atoms with Crippen LogP contribution in [0.1, 0.15) is 31.5 Å². The van der Waals surface area contributed by atoms with Gasteiger partial charge in [-0.15, -0.1) is 0 Å². The molecule has 7 nitrogen and oxygen atoms in total. The van der Waals surface area contributed by atoms with E-state index in [0.29, 0.717) is 18.2 Å². The van der Waals surface area contributed by atoms with Crippen molar-refractivity contribution in [2.24, 2.45) is 7.05 Å². The predicted molar refractivity (Wildman–Crippen MR) is 71.3 cm³/mol. The van der Waals surface area contributed by atoms with Crippen molar-refractivity contribution in [1.82, 2.24) is 9.55 Å². The van der Waals surface area contributed by atoms with Crippen LogP contribution in [-0.2, 0) is 7.05 Å². The van der Waals surface area contributed by atoms with E-state index in [0.717, 1.165) is 25.7 Å². The summed E-state index contributed by atoms with van der Waals surface area (Å²) in [6, 6.07) is 0.264. The van der Waals surface area contributed by atoms with Gasteiger partial charge in [-0.1, -0.05) is 12.8 Å². The van der Waals surface area contributed by atoms with Gasteiger partial charge in [0.25, 0.3) is 0 Å². The number of aliphatic hydroxyl groups is 1. The Balaban J connectivity index is 2.42. The molecule has 7 heteroatoms. The summed E-state index contributed by atoms with van der Waals surface area (Å²) in [4.78, 5) is 16.7. The fraction of sp³-hybridized carbons (Fsp3) is 0.750. The van der Waals surface area contributed by atoms with E-state index in [1.54, 1.807) is 18.5 Å². The smallest absolute Gasteiger partial charge is 0.395 e. The van der Waals surface area contributed by atoms with E-state index >= 15 is 0 Å². The number of rotatable bonds is 5. The Bertz CT molecular complexity index is 466. The number of aromatic nitrogens is 2. The first-order chi connectivity index (χ1) is 9.06. The number of aryl methyl sites for hydroxylation is 1. The Morgan fingerprint density at radius 3 is 2.68 bits per heavy atom. The highest BCUT2D eigenvalue weighted by Crippen LogP contribution is 2.34. The van der Waals surface area contributed by atoms with Crippen LogP contribution < -0.4 is 4.90 Å². The lowest BCUT2D eigenvalue weighted by Gasteiger charge is -2.29. The van der Waals surface area contributed by atoms with Gasteiger partial charge in [0.2, 0.25) is 11.6 Å². The second kappa shape index (κ2) is 5.56. The van der Waals surface area contributed by atoms with Crippen LogP contribution in [0.5, 0.6) is 0 Å². The summed E-state index contributed by atoms with van der Waals surface area (Å²) >= 11 is 0. The summed E-state index contributed by atoms with van der Waals surface area (Å²) in [6.07, 6.45) is 4.30. The fourth-order valence-corrected chi connectivity index (χ4v) is 2.81. The molecule has 1 N–H and O–H groups in total. The standard InChI is InChI=1S/C12H20N4O3/c1-9-13-11(16(18)19)12(14(9)2)15(7-8-17)10-5-3-4-6-10/h10,17H,3-8H2,1-2H3. The number of nitro groups is 1. The van der Waals surface area contributed by atoms with Crippen LogP contribution in [0.2, 0.25) is 0 Å². The Kier molecular flexibility index (Phi) is 4.04. The first-order valence-corrected chi connectivity index (χ1v) is 6.61. The van der Waals surface area contributed by atoms with E-state index in [9.17, 15) is 15.2 Å². The van der Waals surface area contributed by atoms with Crippen molar-refractivity contribution in [2.45, 2.75) is 38.6 Å². The highest BCUT2D eigenvalue weighted by atomic mass is 16.6. The number of hydrogen-bond donors (Lipinski definition) is 1. The minimum Gasteiger partial charge on any atom is -0.395 e. The van der Waals surface area contributed by atoms with Gasteiger partial charge in [0.15, 0.2) is 0 Å². The van der Waals surface area contributed by atoms with Crippen LogP contribution in [0.15, 0.2) is 0 Å². The zero-order valence-electron chi connectivity index (χ0n) is 11.4. The molecular formula is C12H20N4O3. The first-order valence-electron chi connectivity index (χ1n) is 6.61. The number of aliphatic hydroxyl groups excluding tert-OH is 1. The summed E-state index contributed by atoms with van der Waals surface area (Å²) in [5, 5.41) is 20.4. The van der Waals surface area contributed by atoms with Crippen LogP contribution in [0.25, 0.3) is 0 Å². The normalized spacial score (nSPS) is 15.9. The monoisotopic (exact) mass is 268 g/mol. The molecule has 0 spiro atoms. The van der Waals surface area contributed by atoms with Crippen LogP contribution in [0.3, 0.4) is 0 Å². The van der Waals surface area contributed by atoms with Crippen molar-refractivity contribution >= 4 is 11.6 Å². The molecule has 0 amide bonds. The largest absolute Gasteiger partial charge is 0.406 e. The zero-order chi connectivity index (χ0) is 14.0. The van der Waals surface area contributed by atoms with Gasteiger partial charge in [0.1, 0.15) is 0 Å². The van der Waals surface area contributed by atoms with Crippen LogP contribution in [-0.4, -0.2) is 38.8 Å². The molecule has 2 rings (SSSR count). The van der Waals surface area contributed by atoms with Gasteiger partial charge in [-0.2, -0.15) is 0 Å². The number of imidazole rings is 1. The third-order valence-corrected chi connectivity index (χ3v) is 3.82. The molecule has 0 unspecified atom stereocenters. The lowest BCUT2D eigenvalue weighted by molar-refractivity contribution is -0.388. The molecule has 1 aliphatic rings. The molecule has 0 aromatic carbocycles. The second-order valence-electron chi connectivity index (χ2n) is 4.98. The van der Waals surface area contributed by atoms with E-state index in [1.165, 1.54) is 0 Å². The third-order valence-electron chi connectivity index (χ3n) is 3.82. The summed E-state index contributed by atoms with van der Waals surface area (Å²) in [5.41, 5.74) is 0. The molecule has 0 radical (unpaired) electrons. The van der Waals surface area contributed by atoms with Crippen molar-refractivity contribution in [1.29, 1.82) is 0 Å². The highest BCUT2D eigenvalue weighted by molar-refractivity contribution is 5.56. The average Bonchev–Trinajstić information content (AvgIpc) is 2.97. The maximum absolute atomic E-state index is 11.2. The molecule has 1 aliphatic carbocycles. The maximum Gasteiger partial charge on any atom is 0.406 e. The van der Waals surface area contributed by atoms with Gasteiger partial charge in [0.05, 0.1) is 6.61 Å². The predicted octanol–water partition coefficient (Wildman–Crippen LogP) is 1.38. The fourth-order valence-electron chi connectivity index (χ4n) is 2.81. The molecule has 0 atom stereocenters. The molecule has 0 bridgehead atoms. The van der Waals surface area contributed by atoms with E-state index in [-0.39, 0.29) is 18.5 Å². The number of anilines is 1. The molecule has 1 fully saturated rings. The van der Waals surface area contributed by atoms with Crippen molar-refractivity contribution in [3.05, 3.63) is 15.9 Å². The summed E-state index contributed by atoms with van der Waals surface area (Å²) < 4.78 is 1.74. The van der Waals surface area contributed by atoms with Crippen LogP contribution >= 0.6 is 0 Å². The van der Waals surface area contributed by atoms with E-state index in [4.69, 9.17) is 0 Å². The lowest BCUT2D eigenvalue weighted by atomic mass is 10.2. The number of nitrogens with zero attached hydrogens (tertiary/aromatic N) is 4. The Morgan fingerprint density at radius 2 is 2.16 bits per heavy atom. The molecule has 19 heavy (non-hydrogen) atoms. The molecule has 0 aliphatic heterocycles. The minimum absolute atomic E-state index is 0.0160. The summed E-state index contributed by atoms with van der Waals surface area (Å²) in [7, 11) is 1.78. The van der Waals surface area contributed by atoms with Crippen molar-refractivity contribution in [3.63, 3.8) is 0 Å². The van der Waals surface area contributed by atoms with Crippen molar-refractivity contribution in [2.75, 3.05) is 18.1 Å². The SMILES string of the molecule is Cc1nc([N+](=O)[O-])c(N(CCO)C2CCCC2)n1C. The Hall–Kier alpha value is -1.63. The van der Waals surface area contributed by atoms with Gasteiger partial charge in [-0.25, -0.2) is 0 Å². The number of hydrogen-bond acceptors (Lipinski definition) is 5. The van der Waals surface area contributed by atoms with Gasteiger partial charge in [-0.3, -0.25) is 4.57 Å². The maximum atomic E-state index is 11.2. The van der Waals surface area contributed by atoms with E-state index < -0.39 is 4.92 Å². The molecule has 106 valence electrons. The van der Waals surface area contributed by atoms with Crippen LogP contribution in [0, 0.1) is 17.0 Å². The molecule has 0 saturated heterocycles. The van der Waals surface area contributed by atoms with Gasteiger partial charge < -0.3 is 20.1 Å². The molecule has 1 aromatic heterocycles. The van der Waals surface area contributed by atoms with E-state index in [2.05, 4.69) is 4.98 Å². The third kappa shape index (κ3) is 2.56. The van der Waals surface area contributed by atoms with Gasteiger partial charge in [0, 0.05) is 26.6 Å². The molecule has 1 aromatic rings. The quantitative estimate of drug-likeness (QED) is 0.644. The van der Waals surface area contributed by atoms with Crippen LogP contribution in [0.4, 0.5) is 11.6 Å². The lowest BCUT2D eigenvalue weighted by Crippen LogP contribution is -2.37. The average molecular weight is 268 g/mol. The molecule has 1 saturated carbocycles. The minimum atomic E-state index is -0.443. The van der Waals surface area contributed by atoms with Crippen molar-refractivity contribution in [3.8, 4) is 0 Å². The Morgan fingerprint density at radius 1 is 1.53 bits per heavy atom. The molecule has 1 heterocycles. The Labute approximate surface area is 112 Å². The zero-order valence-corrected chi connectivity index (χ0v) is 11.4.